The van der Waals surface area contributed by atoms with E-state index in [2.05, 4.69) is 27.1 Å². The van der Waals surface area contributed by atoms with Gasteiger partial charge in [-0.25, -0.2) is 4.98 Å². The van der Waals surface area contributed by atoms with Crippen LogP contribution in [0, 0.1) is 6.92 Å². The third-order valence-corrected chi connectivity index (χ3v) is 6.00. The molecule has 25 heavy (non-hydrogen) atoms. The molecule has 0 radical (unpaired) electrons. The van der Waals surface area contributed by atoms with Gasteiger partial charge in [0.25, 0.3) is 5.91 Å². The number of carbonyl (C=O) groups excluding carboxylic acids is 1. The minimum Gasteiger partial charge on any atom is -0.363 e. The summed E-state index contributed by atoms with van der Waals surface area (Å²) in [4.78, 5) is 24.6. The smallest absolute Gasteiger partial charge is 0.253 e. The molecule has 0 spiro atoms. The van der Waals surface area contributed by atoms with E-state index in [9.17, 15) is 4.79 Å². The van der Waals surface area contributed by atoms with E-state index in [4.69, 9.17) is 4.74 Å². The Morgan fingerprint density at radius 3 is 3.12 bits per heavy atom. The Kier molecular flexibility index (Phi) is 4.78. The van der Waals surface area contributed by atoms with E-state index in [0.717, 1.165) is 38.0 Å². The van der Waals surface area contributed by atoms with Crippen molar-refractivity contribution in [1.82, 2.24) is 14.9 Å². The number of likely N-dealkylation sites (tertiary alicyclic amines) is 1. The molecule has 3 atom stereocenters. The molecular formula is C18H22N4O2S. The fraction of sp³-hybridized carbons (Fsp3) is 0.500. The Bertz CT molecular complexity index is 736. The molecule has 1 amide bonds. The van der Waals surface area contributed by atoms with E-state index in [1.165, 1.54) is 4.88 Å². The number of nitrogens with zero attached hydrogens (tertiary/aromatic N) is 3. The van der Waals surface area contributed by atoms with E-state index in [1.807, 2.05) is 17.6 Å². The highest BCUT2D eigenvalue weighted by atomic mass is 32.1. The van der Waals surface area contributed by atoms with Crippen LogP contribution in [-0.4, -0.2) is 45.6 Å². The summed E-state index contributed by atoms with van der Waals surface area (Å²) in [5.41, 5.74) is 3.75. The molecular weight excluding hydrogens is 336 g/mol. The fourth-order valence-electron chi connectivity index (χ4n) is 3.73. The van der Waals surface area contributed by atoms with Gasteiger partial charge in [0, 0.05) is 30.2 Å². The maximum atomic E-state index is 12.5. The molecule has 2 saturated heterocycles. The minimum absolute atomic E-state index is 0.0665. The van der Waals surface area contributed by atoms with Crippen molar-refractivity contribution in [2.45, 2.75) is 51.0 Å². The summed E-state index contributed by atoms with van der Waals surface area (Å²) in [6, 6.07) is 4.05. The molecule has 2 aromatic heterocycles. The molecule has 132 valence electrons. The van der Waals surface area contributed by atoms with Gasteiger partial charge in [0.15, 0.2) is 0 Å². The Labute approximate surface area is 151 Å². The Hall–Kier alpha value is -1.83. The summed E-state index contributed by atoms with van der Waals surface area (Å²) in [6.45, 7) is 4.02. The van der Waals surface area contributed by atoms with Crippen LogP contribution in [-0.2, 0) is 16.1 Å². The SMILES string of the molecule is Cc1ncsc1CN1CC[C@H]2O[C@H](C(=O)Nc3cccnc3)CC[C@H]21. The van der Waals surface area contributed by atoms with Crippen molar-refractivity contribution in [3.63, 3.8) is 0 Å². The number of ether oxygens (including phenoxy) is 1. The van der Waals surface area contributed by atoms with Gasteiger partial charge in [-0.3, -0.25) is 14.7 Å². The largest absolute Gasteiger partial charge is 0.363 e. The first kappa shape index (κ1) is 16.6. The van der Waals surface area contributed by atoms with Crippen molar-refractivity contribution in [3.8, 4) is 0 Å². The van der Waals surface area contributed by atoms with E-state index in [1.54, 1.807) is 23.7 Å². The molecule has 4 rings (SSSR count). The van der Waals surface area contributed by atoms with E-state index in [-0.39, 0.29) is 18.1 Å². The molecule has 6 nitrogen and oxygen atoms in total. The van der Waals surface area contributed by atoms with Crippen LogP contribution >= 0.6 is 11.3 Å². The molecule has 2 aliphatic heterocycles. The maximum Gasteiger partial charge on any atom is 0.253 e. The highest BCUT2D eigenvalue weighted by Gasteiger charge is 2.41. The van der Waals surface area contributed by atoms with Gasteiger partial charge in [0.1, 0.15) is 6.10 Å². The Morgan fingerprint density at radius 2 is 2.36 bits per heavy atom. The number of aromatic nitrogens is 2. The first-order valence-electron chi connectivity index (χ1n) is 8.70. The second-order valence-corrected chi connectivity index (χ2v) is 7.60. The van der Waals surface area contributed by atoms with Gasteiger partial charge >= 0.3 is 0 Å². The molecule has 1 N–H and O–H groups in total. The summed E-state index contributed by atoms with van der Waals surface area (Å²) in [7, 11) is 0. The van der Waals surface area contributed by atoms with Crippen LogP contribution in [0.5, 0.6) is 0 Å². The van der Waals surface area contributed by atoms with E-state index < -0.39 is 0 Å². The zero-order chi connectivity index (χ0) is 17.2. The van der Waals surface area contributed by atoms with Crippen LogP contribution in [0.2, 0.25) is 0 Å². The number of nitrogens with one attached hydrogen (secondary N) is 1. The van der Waals surface area contributed by atoms with Crippen LogP contribution < -0.4 is 5.32 Å². The van der Waals surface area contributed by atoms with Crippen molar-refractivity contribution in [1.29, 1.82) is 0 Å². The monoisotopic (exact) mass is 358 g/mol. The van der Waals surface area contributed by atoms with Gasteiger partial charge in [0.05, 0.1) is 29.2 Å². The molecule has 0 saturated carbocycles. The maximum absolute atomic E-state index is 12.5. The average Bonchev–Trinajstić information content (AvgIpc) is 3.22. The molecule has 0 bridgehead atoms. The number of amides is 1. The van der Waals surface area contributed by atoms with Crippen molar-refractivity contribution in [2.24, 2.45) is 0 Å². The number of hydrogen-bond donors (Lipinski definition) is 1. The normalized spacial score (nSPS) is 26.4. The Balaban J connectivity index is 1.35. The van der Waals surface area contributed by atoms with Crippen molar-refractivity contribution in [3.05, 3.63) is 40.6 Å². The minimum atomic E-state index is -0.369. The summed E-state index contributed by atoms with van der Waals surface area (Å²) in [5.74, 6) is -0.0665. The lowest BCUT2D eigenvalue weighted by Crippen LogP contribution is -2.46. The zero-order valence-corrected chi connectivity index (χ0v) is 15.0. The van der Waals surface area contributed by atoms with Crippen LogP contribution in [0.4, 0.5) is 5.69 Å². The fourth-order valence-corrected chi connectivity index (χ4v) is 4.53. The average molecular weight is 358 g/mol. The highest BCUT2D eigenvalue weighted by Crippen LogP contribution is 2.33. The van der Waals surface area contributed by atoms with Gasteiger partial charge in [-0.1, -0.05) is 0 Å². The standard InChI is InChI=1S/C18H22N4O2S/c1-12-17(25-11-20-12)10-22-8-6-15-14(22)4-5-16(24-15)18(23)21-13-3-2-7-19-9-13/h2-3,7,9,11,14-16H,4-6,8,10H2,1H3,(H,21,23)/t14-,15-,16+/m1/s1. The number of aryl methyl sites for hydroxylation is 1. The van der Waals surface area contributed by atoms with E-state index in [0.29, 0.717) is 11.7 Å². The van der Waals surface area contributed by atoms with Gasteiger partial charge in [-0.05, 0) is 38.3 Å². The van der Waals surface area contributed by atoms with Gasteiger partial charge < -0.3 is 10.1 Å². The lowest BCUT2D eigenvalue weighted by atomic mass is 9.98. The summed E-state index contributed by atoms with van der Waals surface area (Å²) < 4.78 is 6.14. The molecule has 4 heterocycles. The first-order valence-corrected chi connectivity index (χ1v) is 9.58. The van der Waals surface area contributed by atoms with Gasteiger partial charge in [-0.2, -0.15) is 0 Å². The summed E-state index contributed by atoms with van der Waals surface area (Å²) >= 11 is 1.72. The third-order valence-electron chi connectivity index (χ3n) is 5.08. The second-order valence-electron chi connectivity index (χ2n) is 6.66. The molecule has 0 unspecified atom stereocenters. The first-order chi connectivity index (χ1) is 12.2. The molecule has 2 fully saturated rings. The predicted molar refractivity (Wildman–Crippen MR) is 96.4 cm³/mol. The van der Waals surface area contributed by atoms with Crippen LogP contribution in [0.3, 0.4) is 0 Å². The predicted octanol–water partition coefficient (Wildman–Crippen LogP) is 2.61. The highest BCUT2D eigenvalue weighted by molar-refractivity contribution is 7.09. The molecule has 7 heteroatoms. The lowest BCUT2D eigenvalue weighted by molar-refractivity contribution is -0.138. The van der Waals surface area contributed by atoms with Crippen LogP contribution in [0.1, 0.15) is 29.8 Å². The molecule has 2 aliphatic rings. The third kappa shape index (κ3) is 3.58. The number of anilines is 1. The van der Waals surface area contributed by atoms with Crippen LogP contribution in [0.15, 0.2) is 30.0 Å². The van der Waals surface area contributed by atoms with Crippen molar-refractivity contribution < 1.29 is 9.53 Å². The van der Waals surface area contributed by atoms with Gasteiger partial charge in [-0.15, -0.1) is 11.3 Å². The lowest BCUT2D eigenvalue weighted by Gasteiger charge is -2.35. The number of pyridine rings is 1. The number of rotatable bonds is 4. The zero-order valence-electron chi connectivity index (χ0n) is 14.2. The summed E-state index contributed by atoms with van der Waals surface area (Å²) in [5, 5.41) is 2.90. The summed E-state index contributed by atoms with van der Waals surface area (Å²) in [6.07, 6.45) is 5.85. The van der Waals surface area contributed by atoms with Gasteiger partial charge in [0.2, 0.25) is 0 Å². The number of hydrogen-bond acceptors (Lipinski definition) is 6. The van der Waals surface area contributed by atoms with E-state index >= 15 is 0 Å². The quantitative estimate of drug-likeness (QED) is 0.910. The number of thiazole rings is 1. The second kappa shape index (κ2) is 7.19. The number of carbonyl (C=O) groups is 1. The van der Waals surface area contributed by atoms with Crippen molar-refractivity contribution >= 4 is 22.9 Å². The molecule has 0 aliphatic carbocycles. The Morgan fingerprint density at radius 1 is 1.44 bits per heavy atom. The van der Waals surface area contributed by atoms with Crippen LogP contribution in [0.25, 0.3) is 0 Å². The molecule has 2 aromatic rings. The number of fused-ring (bicyclic) bond motifs is 1. The van der Waals surface area contributed by atoms with Crippen molar-refractivity contribution in [2.75, 3.05) is 11.9 Å². The molecule has 0 aromatic carbocycles. The topological polar surface area (TPSA) is 67.4 Å².